The number of phosphoric ester groups is 1. The molecule has 0 saturated heterocycles. The minimum Gasteiger partial charge on any atom is -0.496 e. The molecule has 0 aliphatic heterocycles. The maximum atomic E-state index is 11.1. The Bertz CT molecular complexity index is 847. The maximum Gasteiger partial charge on any atom is 0.524 e. The predicted octanol–water partition coefficient (Wildman–Crippen LogP) is 2.85. The summed E-state index contributed by atoms with van der Waals surface area (Å²) in [5.74, 6) is 1.10. The zero-order valence-electron chi connectivity index (χ0n) is 15.1. The van der Waals surface area contributed by atoms with Crippen LogP contribution in [0.3, 0.4) is 0 Å². The Morgan fingerprint density at radius 2 is 1.37 bits per heavy atom. The molecule has 27 heavy (non-hydrogen) atoms. The summed E-state index contributed by atoms with van der Waals surface area (Å²) >= 11 is 0. The van der Waals surface area contributed by atoms with Crippen molar-refractivity contribution in [2.45, 2.75) is 6.61 Å². The molecule has 3 N–H and O–H groups in total. The number of hydrogen-bond donors (Lipinski definition) is 3. The van der Waals surface area contributed by atoms with Gasteiger partial charge in [0.05, 0.1) is 33.5 Å². The summed E-state index contributed by atoms with van der Waals surface area (Å²) in [5, 5.41) is 9.47. The second-order valence-corrected chi connectivity index (χ2v) is 6.55. The van der Waals surface area contributed by atoms with Crippen molar-refractivity contribution in [3.8, 4) is 23.0 Å². The lowest BCUT2D eigenvalue weighted by molar-refractivity contribution is 0.265. The summed E-state index contributed by atoms with van der Waals surface area (Å²) in [6, 6.07) is 8.17. The molecule has 146 valence electrons. The van der Waals surface area contributed by atoms with E-state index in [1.165, 1.54) is 27.4 Å². The molecule has 0 unspecified atom stereocenters. The molecule has 8 nitrogen and oxygen atoms in total. The molecule has 0 spiro atoms. The van der Waals surface area contributed by atoms with Crippen LogP contribution >= 0.6 is 7.82 Å². The second-order valence-electron chi connectivity index (χ2n) is 5.39. The van der Waals surface area contributed by atoms with Gasteiger partial charge in [-0.05, 0) is 35.4 Å². The molecule has 2 rings (SSSR count). The molecule has 0 atom stereocenters. The lowest BCUT2D eigenvalue weighted by Crippen LogP contribution is -1.97. The van der Waals surface area contributed by atoms with E-state index in [9.17, 15) is 9.67 Å². The summed E-state index contributed by atoms with van der Waals surface area (Å²) in [6.45, 7) is -0.224. The van der Waals surface area contributed by atoms with Crippen molar-refractivity contribution >= 4 is 20.0 Å². The van der Waals surface area contributed by atoms with E-state index >= 15 is 0 Å². The Balaban J connectivity index is 2.37. The first kappa shape index (κ1) is 20.8. The third kappa shape index (κ3) is 5.48. The van der Waals surface area contributed by atoms with Gasteiger partial charge in [0, 0.05) is 0 Å². The van der Waals surface area contributed by atoms with E-state index in [1.54, 1.807) is 36.4 Å². The first-order valence-corrected chi connectivity index (χ1v) is 9.31. The summed E-state index contributed by atoms with van der Waals surface area (Å²) in [6.07, 6.45) is 3.48. The average molecular weight is 396 g/mol. The van der Waals surface area contributed by atoms with E-state index in [0.29, 0.717) is 22.6 Å². The van der Waals surface area contributed by atoms with E-state index in [0.717, 1.165) is 5.56 Å². The molecular formula is C18H21O8P. The minimum absolute atomic E-state index is 0.0706. The fourth-order valence-electron chi connectivity index (χ4n) is 2.45. The van der Waals surface area contributed by atoms with E-state index in [4.69, 9.17) is 24.0 Å². The lowest BCUT2D eigenvalue weighted by atomic mass is 10.1. The fraction of sp³-hybridized carbons (Fsp3) is 0.222. The van der Waals surface area contributed by atoms with Crippen LogP contribution in [0, 0.1) is 0 Å². The quantitative estimate of drug-likeness (QED) is 0.461. The first-order chi connectivity index (χ1) is 12.8. The molecule has 0 fully saturated rings. The third-order valence-corrected chi connectivity index (χ3v) is 4.10. The van der Waals surface area contributed by atoms with E-state index in [-0.39, 0.29) is 18.1 Å². The number of ether oxygens (including phenoxy) is 3. The van der Waals surface area contributed by atoms with Gasteiger partial charge in [0.15, 0.2) is 11.5 Å². The van der Waals surface area contributed by atoms with Crippen LogP contribution in [0.5, 0.6) is 23.0 Å². The molecular weight excluding hydrogens is 375 g/mol. The Morgan fingerprint density at radius 1 is 0.852 bits per heavy atom. The van der Waals surface area contributed by atoms with Crippen LogP contribution < -0.4 is 18.7 Å². The predicted molar refractivity (Wildman–Crippen MR) is 100 cm³/mol. The molecule has 0 radical (unpaired) electrons. The van der Waals surface area contributed by atoms with Gasteiger partial charge in [-0.15, -0.1) is 0 Å². The summed E-state index contributed by atoms with van der Waals surface area (Å²) < 4.78 is 31.4. The third-order valence-electron chi connectivity index (χ3n) is 3.66. The number of methoxy groups -OCH3 is 3. The van der Waals surface area contributed by atoms with Crippen LogP contribution in [0.25, 0.3) is 12.2 Å². The molecule has 9 heteroatoms. The van der Waals surface area contributed by atoms with Crippen molar-refractivity contribution < 1.29 is 38.2 Å². The normalized spacial score (nSPS) is 11.5. The van der Waals surface area contributed by atoms with Gasteiger partial charge in [-0.3, -0.25) is 9.79 Å². The maximum absolute atomic E-state index is 11.1. The SMILES string of the molecule is COc1ccc(C=Cc2cc(OC)c(CO)c(OC)c2)cc1OP(=O)(O)O. The number of hydrogen-bond acceptors (Lipinski definition) is 6. The van der Waals surface area contributed by atoms with Crippen LogP contribution in [0.1, 0.15) is 16.7 Å². The fourth-order valence-corrected chi connectivity index (χ4v) is 2.84. The van der Waals surface area contributed by atoms with Crippen LogP contribution in [-0.2, 0) is 11.2 Å². The van der Waals surface area contributed by atoms with Crippen molar-refractivity contribution in [1.29, 1.82) is 0 Å². The molecule has 0 amide bonds. The molecule has 0 aliphatic carbocycles. The highest BCUT2D eigenvalue weighted by molar-refractivity contribution is 7.46. The Hall–Kier alpha value is -2.51. The van der Waals surface area contributed by atoms with Crippen molar-refractivity contribution in [3.63, 3.8) is 0 Å². The zero-order valence-corrected chi connectivity index (χ0v) is 16.0. The van der Waals surface area contributed by atoms with Gasteiger partial charge >= 0.3 is 7.82 Å². The standard InChI is InChI=1S/C18H21O8P/c1-23-15-7-6-12(8-18(15)26-27(20,21)22)4-5-13-9-16(24-2)14(11-19)17(10-13)25-3/h4-10,19H,11H2,1-3H3,(H2,20,21,22). The van der Waals surface area contributed by atoms with Crippen LogP contribution in [0.2, 0.25) is 0 Å². The van der Waals surface area contributed by atoms with Gasteiger partial charge in [0.1, 0.15) is 11.5 Å². The first-order valence-electron chi connectivity index (χ1n) is 7.78. The smallest absolute Gasteiger partial charge is 0.496 e. The van der Waals surface area contributed by atoms with Gasteiger partial charge < -0.3 is 23.8 Å². The lowest BCUT2D eigenvalue weighted by Gasteiger charge is -2.13. The molecule has 2 aromatic carbocycles. The number of benzene rings is 2. The van der Waals surface area contributed by atoms with Gasteiger partial charge in [-0.2, -0.15) is 0 Å². The van der Waals surface area contributed by atoms with Gasteiger partial charge in [-0.25, -0.2) is 4.57 Å². The number of aliphatic hydroxyl groups excluding tert-OH is 1. The highest BCUT2D eigenvalue weighted by atomic mass is 31.2. The largest absolute Gasteiger partial charge is 0.524 e. The highest BCUT2D eigenvalue weighted by Crippen LogP contribution is 2.42. The molecule has 0 aliphatic rings. The zero-order chi connectivity index (χ0) is 20.0. The van der Waals surface area contributed by atoms with Crippen molar-refractivity contribution in [2.75, 3.05) is 21.3 Å². The summed E-state index contributed by atoms with van der Waals surface area (Å²) in [5.41, 5.74) is 1.91. The van der Waals surface area contributed by atoms with Crippen LogP contribution in [0.15, 0.2) is 30.3 Å². The van der Waals surface area contributed by atoms with E-state index < -0.39 is 7.82 Å². The molecule has 0 bridgehead atoms. The summed E-state index contributed by atoms with van der Waals surface area (Å²) in [7, 11) is -0.349. The number of rotatable bonds is 8. The average Bonchev–Trinajstić information content (AvgIpc) is 2.64. The van der Waals surface area contributed by atoms with Crippen molar-refractivity contribution in [2.24, 2.45) is 0 Å². The number of aliphatic hydroxyl groups is 1. The Morgan fingerprint density at radius 3 is 1.85 bits per heavy atom. The number of phosphoric acid groups is 1. The molecule has 0 heterocycles. The van der Waals surface area contributed by atoms with Gasteiger partial charge in [0.2, 0.25) is 0 Å². The molecule has 2 aromatic rings. The minimum atomic E-state index is -4.72. The topological polar surface area (TPSA) is 115 Å². The van der Waals surface area contributed by atoms with Crippen molar-refractivity contribution in [1.82, 2.24) is 0 Å². The van der Waals surface area contributed by atoms with Gasteiger partial charge in [0.25, 0.3) is 0 Å². The Labute approximate surface area is 156 Å². The summed E-state index contributed by atoms with van der Waals surface area (Å²) in [4.78, 5) is 18.0. The molecule has 0 saturated carbocycles. The molecule has 0 aromatic heterocycles. The van der Waals surface area contributed by atoms with Crippen LogP contribution in [-0.4, -0.2) is 36.2 Å². The monoisotopic (exact) mass is 396 g/mol. The van der Waals surface area contributed by atoms with E-state index in [1.807, 2.05) is 0 Å². The van der Waals surface area contributed by atoms with Crippen LogP contribution in [0.4, 0.5) is 0 Å². The Kier molecular flexibility index (Phi) is 6.87. The van der Waals surface area contributed by atoms with E-state index in [2.05, 4.69) is 4.52 Å². The van der Waals surface area contributed by atoms with Gasteiger partial charge in [-0.1, -0.05) is 18.2 Å². The second kappa shape index (κ2) is 8.92. The highest BCUT2D eigenvalue weighted by Gasteiger charge is 2.19. The van der Waals surface area contributed by atoms with Crippen molar-refractivity contribution in [3.05, 3.63) is 47.0 Å².